The summed E-state index contributed by atoms with van der Waals surface area (Å²) < 4.78 is 6.56. The predicted octanol–water partition coefficient (Wildman–Crippen LogP) is 2.86. The van der Waals surface area contributed by atoms with Crippen molar-refractivity contribution in [2.45, 2.75) is 101 Å². The maximum Gasteiger partial charge on any atom is 0.246 e. The molecule has 186 valence electrons. The molecule has 2 N–H and O–H groups in total. The molecule has 5 rings (SSSR count). The fraction of sp³-hybridized carbons (Fsp3) is 0.741. The molecule has 3 heterocycles. The van der Waals surface area contributed by atoms with Crippen LogP contribution in [0.1, 0.15) is 71.6 Å². The van der Waals surface area contributed by atoms with Crippen molar-refractivity contribution in [2.24, 2.45) is 17.8 Å². The summed E-state index contributed by atoms with van der Waals surface area (Å²) >= 11 is 0. The van der Waals surface area contributed by atoms with Gasteiger partial charge in [0.05, 0.1) is 17.4 Å². The number of nitrogens with one attached hydrogen (secondary N) is 2. The molecule has 7 atom stereocenters. The molecule has 7 nitrogen and oxygen atoms in total. The zero-order valence-electron chi connectivity index (χ0n) is 20.6. The summed E-state index contributed by atoms with van der Waals surface area (Å²) in [6, 6.07) is -0.549. The Morgan fingerprint density at radius 3 is 2.50 bits per heavy atom. The molecule has 2 saturated carbocycles. The topological polar surface area (TPSA) is 87.7 Å². The van der Waals surface area contributed by atoms with Crippen LogP contribution in [-0.4, -0.2) is 58.5 Å². The second-order valence-electron chi connectivity index (χ2n) is 11.3. The van der Waals surface area contributed by atoms with Gasteiger partial charge in [-0.15, -0.1) is 6.58 Å². The molecule has 34 heavy (non-hydrogen) atoms. The van der Waals surface area contributed by atoms with Crippen molar-refractivity contribution in [1.82, 2.24) is 15.5 Å². The van der Waals surface area contributed by atoms with Crippen molar-refractivity contribution in [3.8, 4) is 0 Å². The Morgan fingerprint density at radius 2 is 1.79 bits per heavy atom. The maximum atomic E-state index is 13.8. The molecule has 0 aromatic rings. The van der Waals surface area contributed by atoms with Gasteiger partial charge in [0.25, 0.3) is 0 Å². The van der Waals surface area contributed by atoms with Gasteiger partial charge in [-0.1, -0.05) is 57.3 Å². The van der Waals surface area contributed by atoms with Gasteiger partial charge in [0.2, 0.25) is 17.7 Å². The minimum absolute atomic E-state index is 0.120. The lowest BCUT2D eigenvalue weighted by Gasteiger charge is -2.34. The largest absolute Gasteiger partial charge is 0.356 e. The highest BCUT2D eigenvalue weighted by molar-refractivity contribution is 6.00. The van der Waals surface area contributed by atoms with Crippen molar-refractivity contribution in [1.29, 1.82) is 0 Å². The average molecular weight is 470 g/mol. The Morgan fingerprint density at radius 1 is 1.09 bits per heavy atom. The van der Waals surface area contributed by atoms with Gasteiger partial charge in [0.15, 0.2) is 0 Å². The van der Waals surface area contributed by atoms with E-state index in [9.17, 15) is 14.4 Å². The lowest BCUT2D eigenvalue weighted by Crippen LogP contribution is -2.56. The molecule has 3 aliphatic heterocycles. The number of likely N-dealkylation sites (tertiary alicyclic amines) is 1. The molecule has 4 fully saturated rings. The smallest absolute Gasteiger partial charge is 0.246 e. The number of carbonyl (C=O) groups is 3. The molecule has 7 heteroatoms. The van der Waals surface area contributed by atoms with Crippen molar-refractivity contribution in [2.75, 3.05) is 6.54 Å². The van der Waals surface area contributed by atoms with Crippen LogP contribution in [0.4, 0.5) is 0 Å². The predicted molar refractivity (Wildman–Crippen MR) is 129 cm³/mol. The zero-order valence-corrected chi connectivity index (χ0v) is 20.6. The highest BCUT2D eigenvalue weighted by Crippen LogP contribution is 2.59. The fourth-order valence-electron chi connectivity index (χ4n) is 7.30. The normalized spacial score (nSPS) is 41.4. The fourth-order valence-corrected chi connectivity index (χ4v) is 7.30. The second-order valence-corrected chi connectivity index (χ2v) is 11.3. The van der Waals surface area contributed by atoms with Crippen LogP contribution in [0.3, 0.4) is 0 Å². The number of ether oxygens (including phenoxy) is 1. The number of fused-ring (bicyclic) bond motifs is 1. The minimum atomic E-state index is -1.12. The Bertz CT molecular complexity index is 896. The molecule has 0 aromatic heterocycles. The summed E-state index contributed by atoms with van der Waals surface area (Å²) in [5.41, 5.74) is -2.01. The summed E-state index contributed by atoms with van der Waals surface area (Å²) in [5, 5.41) is 6.47. The van der Waals surface area contributed by atoms with Gasteiger partial charge in [-0.3, -0.25) is 14.4 Å². The summed E-state index contributed by atoms with van der Waals surface area (Å²) in [5.74, 6) is -1.44. The first-order valence-corrected chi connectivity index (χ1v) is 13.2. The van der Waals surface area contributed by atoms with Gasteiger partial charge in [-0.05, 0) is 38.5 Å². The van der Waals surface area contributed by atoms with Crippen molar-refractivity contribution in [3.05, 3.63) is 24.8 Å². The molecule has 0 aromatic carbocycles. The highest BCUT2D eigenvalue weighted by Gasteiger charge is 2.76. The van der Waals surface area contributed by atoms with Crippen LogP contribution in [0.25, 0.3) is 0 Å². The van der Waals surface area contributed by atoms with Crippen LogP contribution in [0.5, 0.6) is 0 Å². The first-order chi connectivity index (χ1) is 16.3. The van der Waals surface area contributed by atoms with Crippen LogP contribution in [-0.2, 0) is 19.1 Å². The molecule has 0 radical (unpaired) electrons. The Balaban J connectivity index is 1.43. The molecular formula is C27H39N3O4. The van der Waals surface area contributed by atoms with Gasteiger partial charge in [0.1, 0.15) is 11.6 Å². The molecular weight excluding hydrogens is 430 g/mol. The number of rotatable bonds is 6. The second kappa shape index (κ2) is 8.81. The first-order valence-electron chi connectivity index (χ1n) is 13.2. The van der Waals surface area contributed by atoms with E-state index in [1.54, 1.807) is 11.0 Å². The van der Waals surface area contributed by atoms with Gasteiger partial charge in [-0.2, -0.15) is 0 Å². The average Bonchev–Trinajstić information content (AvgIpc) is 3.37. The SMILES string of the molecule is C=CCN1C(=O)[C@@H]2[C@H](C(=O)N[C@@H]3CCCC[C@H]3C)[C@@]3(C)C=C[C@@]2(O3)[C@@H]1C(=O)NC1CCCCC1. The van der Waals surface area contributed by atoms with Crippen molar-refractivity contribution in [3.63, 3.8) is 0 Å². The number of carbonyl (C=O) groups excluding carboxylic acids is 3. The summed E-state index contributed by atoms with van der Waals surface area (Å²) in [6.45, 7) is 8.13. The first kappa shape index (κ1) is 23.6. The van der Waals surface area contributed by atoms with E-state index in [1.807, 2.05) is 19.1 Å². The lowest BCUT2D eigenvalue weighted by molar-refractivity contribution is -0.145. The van der Waals surface area contributed by atoms with Gasteiger partial charge in [0, 0.05) is 18.6 Å². The van der Waals surface area contributed by atoms with E-state index < -0.39 is 29.1 Å². The van der Waals surface area contributed by atoms with Gasteiger partial charge < -0.3 is 20.3 Å². The van der Waals surface area contributed by atoms with Crippen molar-refractivity contribution < 1.29 is 19.1 Å². The third-order valence-electron chi connectivity index (χ3n) is 9.04. The highest BCUT2D eigenvalue weighted by atomic mass is 16.5. The number of nitrogens with zero attached hydrogens (tertiary/aromatic N) is 1. The van der Waals surface area contributed by atoms with E-state index in [-0.39, 0.29) is 36.3 Å². The Hall–Kier alpha value is -2.15. The van der Waals surface area contributed by atoms with Crippen LogP contribution in [0.2, 0.25) is 0 Å². The Kier molecular flexibility index (Phi) is 6.11. The van der Waals surface area contributed by atoms with E-state index in [4.69, 9.17) is 4.74 Å². The van der Waals surface area contributed by atoms with Crippen LogP contribution >= 0.6 is 0 Å². The van der Waals surface area contributed by atoms with Crippen LogP contribution < -0.4 is 10.6 Å². The lowest BCUT2D eigenvalue weighted by atomic mass is 9.70. The molecule has 3 amide bonds. The summed E-state index contributed by atoms with van der Waals surface area (Å²) in [6.07, 6.45) is 15.1. The molecule has 5 aliphatic rings. The number of hydrogen-bond donors (Lipinski definition) is 2. The summed E-state index contributed by atoms with van der Waals surface area (Å²) in [4.78, 5) is 42.7. The van der Waals surface area contributed by atoms with Crippen molar-refractivity contribution >= 4 is 17.7 Å². The van der Waals surface area contributed by atoms with E-state index in [2.05, 4.69) is 24.1 Å². The van der Waals surface area contributed by atoms with Gasteiger partial charge in [-0.25, -0.2) is 0 Å². The third-order valence-corrected chi connectivity index (χ3v) is 9.04. The van der Waals surface area contributed by atoms with Crippen LogP contribution in [0.15, 0.2) is 24.8 Å². The molecule has 0 unspecified atom stereocenters. The molecule has 2 aliphatic carbocycles. The maximum absolute atomic E-state index is 13.8. The van der Waals surface area contributed by atoms with Crippen LogP contribution in [0, 0.1) is 17.8 Å². The van der Waals surface area contributed by atoms with Gasteiger partial charge >= 0.3 is 0 Å². The third kappa shape index (κ3) is 3.62. The monoisotopic (exact) mass is 469 g/mol. The minimum Gasteiger partial charge on any atom is -0.356 e. The number of hydrogen-bond acceptors (Lipinski definition) is 4. The number of amides is 3. The Labute approximate surface area is 202 Å². The molecule has 1 spiro atoms. The molecule has 2 bridgehead atoms. The van der Waals surface area contributed by atoms with E-state index in [0.29, 0.717) is 5.92 Å². The van der Waals surface area contributed by atoms with E-state index >= 15 is 0 Å². The molecule has 2 saturated heterocycles. The quantitative estimate of drug-likeness (QED) is 0.586. The zero-order chi connectivity index (χ0) is 24.1. The summed E-state index contributed by atoms with van der Waals surface area (Å²) in [7, 11) is 0. The van der Waals surface area contributed by atoms with E-state index in [1.165, 1.54) is 12.8 Å². The standard InChI is InChI=1S/C27H39N3O4/c1-4-16-30-22(24(32)28-18-11-6-5-7-12-18)27-15-14-26(3,34-27)20(21(27)25(30)33)23(31)29-19-13-9-8-10-17(19)2/h4,14-15,17-22H,1,5-13,16H2,2-3H3,(H,28,32)(H,29,31)/t17-,19-,20-,21+,22+,26-,27+/m1/s1. The van der Waals surface area contributed by atoms with E-state index in [0.717, 1.165) is 44.9 Å².